The first-order valence-corrected chi connectivity index (χ1v) is 8.69. The van der Waals surface area contributed by atoms with Crippen molar-refractivity contribution >= 4 is 21.2 Å². The van der Waals surface area contributed by atoms with Crippen molar-refractivity contribution in [2.45, 2.75) is 18.4 Å². The average Bonchev–Trinajstić information content (AvgIpc) is 2.44. The third-order valence-corrected chi connectivity index (χ3v) is 4.46. The van der Waals surface area contributed by atoms with Crippen LogP contribution in [0.3, 0.4) is 0 Å². The van der Waals surface area contributed by atoms with Crippen molar-refractivity contribution in [3.8, 4) is 0 Å². The molecule has 2 N–H and O–H groups in total. The van der Waals surface area contributed by atoms with Gasteiger partial charge in [-0.2, -0.15) is 0 Å². The molecule has 112 valence electrons. The Labute approximate surface area is 126 Å². The van der Waals surface area contributed by atoms with Gasteiger partial charge in [-0.15, -0.1) is 0 Å². The third kappa shape index (κ3) is 3.98. The van der Waals surface area contributed by atoms with Crippen LogP contribution in [0.15, 0.2) is 53.4 Å². The number of nitrogens with two attached hydrogens (primary N) is 1. The molecule has 0 spiro atoms. The van der Waals surface area contributed by atoms with Crippen LogP contribution < -0.4 is 10.6 Å². The zero-order valence-electron chi connectivity index (χ0n) is 12.3. The Balaban J connectivity index is 2.21. The molecule has 0 aromatic heterocycles. The van der Waals surface area contributed by atoms with Crippen LogP contribution in [-0.2, 0) is 16.4 Å². The molecular weight excluding hydrogens is 284 g/mol. The lowest BCUT2D eigenvalue weighted by molar-refractivity contribution is 0.602. The first-order valence-electron chi connectivity index (χ1n) is 6.79. The van der Waals surface area contributed by atoms with E-state index >= 15 is 0 Å². The van der Waals surface area contributed by atoms with E-state index in [4.69, 9.17) is 5.73 Å². The lowest BCUT2D eigenvalue weighted by Crippen LogP contribution is -2.22. The normalized spacial score (nSPS) is 11.3. The summed E-state index contributed by atoms with van der Waals surface area (Å²) in [7, 11) is -3.15. The summed E-state index contributed by atoms with van der Waals surface area (Å²) in [5.41, 5.74) is 8.66. The van der Waals surface area contributed by atoms with Crippen LogP contribution in [-0.4, -0.2) is 21.2 Å². The lowest BCUT2D eigenvalue weighted by Gasteiger charge is -2.23. The van der Waals surface area contributed by atoms with E-state index in [0.717, 1.165) is 30.0 Å². The van der Waals surface area contributed by atoms with E-state index in [1.807, 2.05) is 36.4 Å². The van der Waals surface area contributed by atoms with Crippen molar-refractivity contribution in [1.29, 1.82) is 0 Å². The molecule has 0 unspecified atom stereocenters. The second-order valence-electron chi connectivity index (χ2n) is 5.03. The Hall–Kier alpha value is -2.01. The van der Waals surface area contributed by atoms with Gasteiger partial charge in [0.05, 0.1) is 4.90 Å². The van der Waals surface area contributed by atoms with Crippen molar-refractivity contribution in [2.75, 3.05) is 23.4 Å². The highest BCUT2D eigenvalue weighted by atomic mass is 32.2. The molecule has 2 aromatic carbocycles. The minimum Gasteiger partial charge on any atom is -0.399 e. The average molecular weight is 304 g/mol. The molecule has 0 saturated heterocycles. The first-order chi connectivity index (χ1) is 9.90. The highest BCUT2D eigenvalue weighted by molar-refractivity contribution is 7.90. The number of anilines is 2. The maximum absolute atomic E-state index is 11.5. The van der Waals surface area contributed by atoms with Crippen molar-refractivity contribution in [3.63, 3.8) is 0 Å². The summed E-state index contributed by atoms with van der Waals surface area (Å²) in [5.74, 6) is 0. The quantitative estimate of drug-likeness (QED) is 0.863. The number of nitrogen functional groups attached to an aromatic ring is 1. The maximum Gasteiger partial charge on any atom is 0.175 e. The van der Waals surface area contributed by atoms with Gasteiger partial charge in [0.1, 0.15) is 0 Å². The zero-order chi connectivity index (χ0) is 15.5. The highest BCUT2D eigenvalue weighted by Gasteiger charge is 2.09. The topological polar surface area (TPSA) is 63.4 Å². The molecule has 0 fully saturated rings. The van der Waals surface area contributed by atoms with Gasteiger partial charge in [0.15, 0.2) is 9.84 Å². The third-order valence-electron chi connectivity index (χ3n) is 3.34. The van der Waals surface area contributed by atoms with Crippen LogP contribution in [0.4, 0.5) is 11.4 Å². The molecule has 0 radical (unpaired) electrons. The summed E-state index contributed by atoms with van der Waals surface area (Å²) < 4.78 is 23.0. The van der Waals surface area contributed by atoms with Gasteiger partial charge >= 0.3 is 0 Å². The van der Waals surface area contributed by atoms with Crippen LogP contribution >= 0.6 is 0 Å². The van der Waals surface area contributed by atoms with E-state index in [-0.39, 0.29) is 0 Å². The lowest BCUT2D eigenvalue weighted by atomic mass is 10.1. The largest absolute Gasteiger partial charge is 0.399 e. The second-order valence-corrected chi connectivity index (χ2v) is 7.04. The maximum atomic E-state index is 11.5. The SMILES string of the molecule is CCN(Cc1cccc(N)c1)c1ccc(S(C)(=O)=O)cc1. The predicted molar refractivity (Wildman–Crippen MR) is 87.1 cm³/mol. The smallest absolute Gasteiger partial charge is 0.175 e. The number of hydrogen-bond donors (Lipinski definition) is 1. The number of benzene rings is 2. The van der Waals surface area contributed by atoms with Crippen LogP contribution in [0.5, 0.6) is 0 Å². The molecule has 2 aromatic rings. The molecule has 4 nitrogen and oxygen atoms in total. The van der Waals surface area contributed by atoms with Crippen molar-refractivity contribution < 1.29 is 8.42 Å². The van der Waals surface area contributed by atoms with Crippen LogP contribution in [0.1, 0.15) is 12.5 Å². The van der Waals surface area contributed by atoms with Crippen molar-refractivity contribution in [3.05, 3.63) is 54.1 Å². The van der Waals surface area contributed by atoms with Crippen molar-refractivity contribution in [1.82, 2.24) is 0 Å². The molecule has 2 rings (SSSR count). The molecule has 21 heavy (non-hydrogen) atoms. The van der Waals surface area contributed by atoms with Crippen LogP contribution in [0.25, 0.3) is 0 Å². The van der Waals surface area contributed by atoms with E-state index in [2.05, 4.69) is 11.8 Å². The summed E-state index contributed by atoms with van der Waals surface area (Å²) in [6.45, 7) is 3.63. The Morgan fingerprint density at radius 3 is 2.29 bits per heavy atom. The molecule has 0 bridgehead atoms. The standard InChI is InChI=1S/C16H20N2O2S/c1-3-18(12-13-5-4-6-14(17)11-13)15-7-9-16(10-8-15)21(2,19)20/h4-11H,3,12,17H2,1-2H3. The fourth-order valence-electron chi connectivity index (χ4n) is 2.20. The number of rotatable bonds is 5. The second kappa shape index (κ2) is 6.18. The summed E-state index contributed by atoms with van der Waals surface area (Å²) in [6, 6.07) is 14.8. The van der Waals surface area contributed by atoms with Gasteiger partial charge in [-0.3, -0.25) is 0 Å². The summed E-state index contributed by atoms with van der Waals surface area (Å²) in [6.07, 6.45) is 1.21. The fraction of sp³-hybridized carbons (Fsp3) is 0.250. The molecular formula is C16H20N2O2S. The van der Waals surface area contributed by atoms with E-state index in [0.29, 0.717) is 4.90 Å². The van der Waals surface area contributed by atoms with Gasteiger partial charge in [0.2, 0.25) is 0 Å². The van der Waals surface area contributed by atoms with Gasteiger partial charge in [-0.05, 0) is 48.9 Å². The summed E-state index contributed by atoms with van der Waals surface area (Å²) in [4.78, 5) is 2.51. The van der Waals surface area contributed by atoms with E-state index in [1.54, 1.807) is 12.1 Å². The molecule has 0 aliphatic carbocycles. The number of hydrogen-bond acceptors (Lipinski definition) is 4. The van der Waals surface area contributed by atoms with E-state index in [1.165, 1.54) is 6.26 Å². The predicted octanol–water partition coefficient (Wildman–Crippen LogP) is 2.70. The first kappa shape index (κ1) is 15.4. The molecule has 5 heteroatoms. The molecule has 0 atom stereocenters. The number of nitrogens with zero attached hydrogens (tertiary/aromatic N) is 1. The summed E-state index contributed by atoms with van der Waals surface area (Å²) in [5, 5.41) is 0. The molecule has 0 aliphatic heterocycles. The van der Waals surface area contributed by atoms with Crippen LogP contribution in [0, 0.1) is 0 Å². The summed E-state index contributed by atoms with van der Waals surface area (Å²) >= 11 is 0. The van der Waals surface area contributed by atoms with Crippen molar-refractivity contribution in [2.24, 2.45) is 0 Å². The molecule has 0 amide bonds. The zero-order valence-corrected chi connectivity index (χ0v) is 13.1. The van der Waals surface area contributed by atoms with Gasteiger partial charge in [0, 0.05) is 30.7 Å². The Bertz CT molecular complexity index is 709. The fourth-order valence-corrected chi connectivity index (χ4v) is 2.83. The monoisotopic (exact) mass is 304 g/mol. The van der Waals surface area contributed by atoms with E-state index < -0.39 is 9.84 Å². The molecule has 0 aliphatic rings. The molecule has 0 saturated carbocycles. The highest BCUT2D eigenvalue weighted by Crippen LogP contribution is 2.20. The minimum absolute atomic E-state index is 0.339. The number of sulfone groups is 1. The van der Waals surface area contributed by atoms with Crippen LogP contribution in [0.2, 0.25) is 0 Å². The Morgan fingerprint density at radius 2 is 1.76 bits per heavy atom. The molecule has 0 heterocycles. The van der Waals surface area contributed by atoms with Gasteiger partial charge in [0.25, 0.3) is 0 Å². The van der Waals surface area contributed by atoms with Gasteiger partial charge < -0.3 is 10.6 Å². The van der Waals surface area contributed by atoms with E-state index in [9.17, 15) is 8.42 Å². The Morgan fingerprint density at radius 1 is 1.10 bits per heavy atom. The van der Waals surface area contributed by atoms with Gasteiger partial charge in [-0.25, -0.2) is 8.42 Å². The Kier molecular flexibility index (Phi) is 4.53. The van der Waals surface area contributed by atoms with Gasteiger partial charge in [-0.1, -0.05) is 12.1 Å². The minimum atomic E-state index is -3.15.